The predicted molar refractivity (Wildman–Crippen MR) is 101 cm³/mol. The summed E-state index contributed by atoms with van der Waals surface area (Å²) in [7, 11) is 2.83. The fourth-order valence-electron chi connectivity index (χ4n) is 2.74. The number of carbonyl (C=O) groups is 1. The van der Waals surface area contributed by atoms with Crippen LogP contribution in [-0.4, -0.2) is 30.8 Å². The molecular formula is C19H17N3O5. The molecular weight excluding hydrogens is 350 g/mol. The highest BCUT2D eigenvalue weighted by atomic mass is 16.6. The fourth-order valence-corrected chi connectivity index (χ4v) is 2.74. The number of hydrazone groups is 1. The van der Waals surface area contributed by atoms with Gasteiger partial charge in [0.05, 0.1) is 47.7 Å². The van der Waals surface area contributed by atoms with Gasteiger partial charge in [-0.3, -0.25) is 14.9 Å². The second-order valence-electron chi connectivity index (χ2n) is 5.72. The van der Waals surface area contributed by atoms with Crippen LogP contribution in [0.5, 0.6) is 11.5 Å². The second kappa shape index (κ2) is 7.28. The third-order valence-electron chi connectivity index (χ3n) is 4.09. The van der Waals surface area contributed by atoms with Gasteiger partial charge < -0.3 is 9.47 Å². The van der Waals surface area contributed by atoms with Crippen molar-refractivity contribution < 1.29 is 19.2 Å². The summed E-state index contributed by atoms with van der Waals surface area (Å²) in [5.41, 5.74) is 1.39. The number of para-hydroxylation sites is 1. The summed E-state index contributed by atoms with van der Waals surface area (Å²) in [6.45, 7) is 1.68. The number of rotatable bonds is 5. The van der Waals surface area contributed by atoms with E-state index in [1.165, 1.54) is 37.4 Å². The smallest absolute Gasteiger partial charge is 0.280 e. The molecule has 0 aromatic heterocycles. The first-order chi connectivity index (χ1) is 13.0. The maximum Gasteiger partial charge on any atom is 0.280 e. The number of amides is 1. The Labute approximate surface area is 155 Å². The van der Waals surface area contributed by atoms with Crippen molar-refractivity contribution in [2.45, 2.75) is 6.92 Å². The quantitative estimate of drug-likeness (QED) is 0.458. The summed E-state index contributed by atoms with van der Waals surface area (Å²) >= 11 is 0. The monoisotopic (exact) mass is 367 g/mol. The van der Waals surface area contributed by atoms with Crippen molar-refractivity contribution in [3.05, 3.63) is 63.7 Å². The maximum atomic E-state index is 12.8. The number of anilines is 1. The Kier molecular flexibility index (Phi) is 4.89. The molecule has 0 saturated heterocycles. The Hall–Kier alpha value is -3.68. The highest BCUT2D eigenvalue weighted by Gasteiger charge is 2.30. The average Bonchev–Trinajstić information content (AvgIpc) is 2.96. The summed E-state index contributed by atoms with van der Waals surface area (Å²) < 4.78 is 10.3. The van der Waals surface area contributed by atoms with Crippen molar-refractivity contribution in [2.75, 3.05) is 19.2 Å². The largest absolute Gasteiger partial charge is 0.493 e. The normalized spacial score (nSPS) is 15.1. The molecule has 2 aromatic carbocycles. The maximum absolute atomic E-state index is 12.8. The van der Waals surface area contributed by atoms with Crippen LogP contribution < -0.4 is 14.5 Å². The molecule has 1 amide bonds. The van der Waals surface area contributed by atoms with E-state index in [9.17, 15) is 14.9 Å². The number of nitro benzene ring substituents is 1. The van der Waals surface area contributed by atoms with Crippen LogP contribution in [-0.2, 0) is 4.79 Å². The van der Waals surface area contributed by atoms with Crippen molar-refractivity contribution in [1.29, 1.82) is 0 Å². The van der Waals surface area contributed by atoms with Crippen LogP contribution >= 0.6 is 0 Å². The van der Waals surface area contributed by atoms with E-state index in [0.29, 0.717) is 17.1 Å². The van der Waals surface area contributed by atoms with Crippen molar-refractivity contribution in [3.8, 4) is 11.5 Å². The molecule has 0 N–H and O–H groups in total. The molecule has 138 valence electrons. The Balaban J connectivity index is 2.08. The van der Waals surface area contributed by atoms with Crippen molar-refractivity contribution in [1.82, 2.24) is 0 Å². The molecule has 8 nitrogen and oxygen atoms in total. The molecule has 8 heteroatoms. The SMILES string of the molecule is COc1cc(C=C2C(=O)N(c3ccccc3)N=C2C)c([N+](=O)[O-])cc1OC. The minimum Gasteiger partial charge on any atom is -0.493 e. The van der Waals surface area contributed by atoms with E-state index in [0.717, 1.165) is 0 Å². The van der Waals surface area contributed by atoms with E-state index in [-0.39, 0.29) is 28.5 Å². The lowest BCUT2D eigenvalue weighted by molar-refractivity contribution is -0.385. The fraction of sp³-hybridized carbons (Fsp3) is 0.158. The van der Waals surface area contributed by atoms with Crippen LogP contribution in [0, 0.1) is 10.1 Å². The number of hydrogen-bond acceptors (Lipinski definition) is 6. The van der Waals surface area contributed by atoms with Gasteiger partial charge in [-0.25, -0.2) is 0 Å². The zero-order valence-electron chi connectivity index (χ0n) is 15.0. The Morgan fingerprint density at radius 3 is 2.33 bits per heavy atom. The molecule has 0 unspecified atom stereocenters. The highest BCUT2D eigenvalue weighted by molar-refractivity contribution is 6.32. The van der Waals surface area contributed by atoms with E-state index in [4.69, 9.17) is 9.47 Å². The van der Waals surface area contributed by atoms with Gasteiger partial charge in [0.2, 0.25) is 0 Å². The molecule has 0 spiro atoms. The molecule has 0 radical (unpaired) electrons. The third-order valence-corrected chi connectivity index (χ3v) is 4.09. The summed E-state index contributed by atoms with van der Waals surface area (Å²) in [5.74, 6) is 0.207. The van der Waals surface area contributed by atoms with Crippen LogP contribution in [0.2, 0.25) is 0 Å². The lowest BCUT2D eigenvalue weighted by Crippen LogP contribution is -2.21. The molecule has 0 bridgehead atoms. The number of nitro groups is 1. The van der Waals surface area contributed by atoms with Gasteiger partial charge in [-0.2, -0.15) is 10.1 Å². The van der Waals surface area contributed by atoms with Gasteiger partial charge in [0.25, 0.3) is 11.6 Å². The zero-order valence-corrected chi connectivity index (χ0v) is 15.0. The first-order valence-corrected chi connectivity index (χ1v) is 8.03. The number of hydrogen-bond donors (Lipinski definition) is 0. The Morgan fingerprint density at radius 1 is 1.11 bits per heavy atom. The summed E-state index contributed by atoms with van der Waals surface area (Å²) in [4.78, 5) is 23.7. The van der Waals surface area contributed by atoms with Gasteiger partial charge in [-0.05, 0) is 31.2 Å². The van der Waals surface area contributed by atoms with Gasteiger partial charge in [-0.1, -0.05) is 18.2 Å². The van der Waals surface area contributed by atoms with Gasteiger partial charge >= 0.3 is 0 Å². The first kappa shape index (κ1) is 18.1. The van der Waals surface area contributed by atoms with E-state index in [2.05, 4.69) is 5.10 Å². The second-order valence-corrected chi connectivity index (χ2v) is 5.72. The van der Waals surface area contributed by atoms with E-state index >= 15 is 0 Å². The van der Waals surface area contributed by atoms with E-state index < -0.39 is 4.92 Å². The van der Waals surface area contributed by atoms with Gasteiger partial charge in [0, 0.05) is 0 Å². The summed E-state index contributed by atoms with van der Waals surface area (Å²) in [6, 6.07) is 11.7. The number of methoxy groups -OCH3 is 2. The van der Waals surface area contributed by atoms with Gasteiger partial charge in [-0.15, -0.1) is 0 Å². The summed E-state index contributed by atoms with van der Waals surface area (Å²) in [5, 5.41) is 17.0. The molecule has 0 atom stereocenters. The lowest BCUT2D eigenvalue weighted by Gasteiger charge is -2.11. The van der Waals surface area contributed by atoms with E-state index in [1.807, 2.05) is 6.07 Å². The number of ether oxygens (including phenoxy) is 2. The molecule has 1 aliphatic rings. The lowest BCUT2D eigenvalue weighted by atomic mass is 10.0. The molecule has 1 aliphatic heterocycles. The molecule has 27 heavy (non-hydrogen) atoms. The average molecular weight is 367 g/mol. The number of nitrogens with zero attached hydrogens (tertiary/aromatic N) is 3. The van der Waals surface area contributed by atoms with Crippen molar-refractivity contribution in [2.24, 2.45) is 5.10 Å². The predicted octanol–water partition coefficient (Wildman–Crippen LogP) is 3.42. The Morgan fingerprint density at radius 2 is 1.74 bits per heavy atom. The molecule has 3 rings (SSSR count). The van der Waals surface area contributed by atoms with Crippen LogP contribution in [0.3, 0.4) is 0 Å². The Bertz CT molecular complexity index is 967. The van der Waals surface area contributed by atoms with Crippen molar-refractivity contribution in [3.63, 3.8) is 0 Å². The van der Waals surface area contributed by atoms with Crippen LogP contribution in [0.25, 0.3) is 6.08 Å². The van der Waals surface area contributed by atoms with E-state index in [1.54, 1.807) is 31.2 Å². The minimum absolute atomic E-state index is 0.195. The summed E-state index contributed by atoms with van der Waals surface area (Å²) in [6.07, 6.45) is 1.45. The topological polar surface area (TPSA) is 94.3 Å². The highest BCUT2D eigenvalue weighted by Crippen LogP contribution is 2.36. The van der Waals surface area contributed by atoms with Gasteiger partial charge in [0.1, 0.15) is 0 Å². The van der Waals surface area contributed by atoms with Crippen LogP contribution in [0.1, 0.15) is 12.5 Å². The molecule has 0 aliphatic carbocycles. The number of benzene rings is 2. The van der Waals surface area contributed by atoms with Crippen LogP contribution in [0.15, 0.2) is 53.1 Å². The van der Waals surface area contributed by atoms with Crippen molar-refractivity contribution >= 4 is 29.1 Å². The zero-order chi connectivity index (χ0) is 19.6. The minimum atomic E-state index is -0.533. The molecule has 0 saturated carbocycles. The molecule has 2 aromatic rings. The first-order valence-electron chi connectivity index (χ1n) is 8.03. The van der Waals surface area contributed by atoms with Gasteiger partial charge in [0.15, 0.2) is 11.5 Å². The number of carbonyl (C=O) groups excluding carboxylic acids is 1. The molecule has 0 fully saturated rings. The standard InChI is InChI=1S/C19H17N3O5/c1-12-15(19(23)21(20-12)14-7-5-4-6-8-14)9-13-10-17(26-2)18(27-3)11-16(13)22(24)25/h4-11H,1-3H3. The molecule has 1 heterocycles. The third kappa shape index (κ3) is 3.37. The van der Waals surface area contributed by atoms with Crippen LogP contribution in [0.4, 0.5) is 11.4 Å².